The van der Waals surface area contributed by atoms with Crippen molar-refractivity contribution < 1.29 is 9.90 Å². The highest BCUT2D eigenvalue weighted by Crippen LogP contribution is 2.43. The fourth-order valence-electron chi connectivity index (χ4n) is 3.90. The number of rotatable bonds is 1. The number of anilines is 1. The Hall–Kier alpha value is -1.83. The third-order valence-electron chi connectivity index (χ3n) is 4.71. The van der Waals surface area contributed by atoms with E-state index in [1.54, 1.807) is 9.42 Å². The molecular formula is C16H22BrN5O2. The Kier molecular flexibility index (Phi) is 4.19. The topological polar surface area (TPSA) is 96.8 Å². The lowest BCUT2D eigenvalue weighted by molar-refractivity contribution is 0.0444. The summed E-state index contributed by atoms with van der Waals surface area (Å²) in [4.78, 5) is 17.4. The Morgan fingerprint density at radius 3 is 2.79 bits per heavy atom. The molecular weight excluding hydrogens is 374 g/mol. The molecule has 0 aliphatic carbocycles. The van der Waals surface area contributed by atoms with Crippen LogP contribution in [0, 0.1) is 5.41 Å². The molecule has 3 N–H and O–H groups in total. The number of likely N-dealkylation sites (tertiary alicyclic amines) is 1. The first-order chi connectivity index (χ1) is 11.2. The maximum absolute atomic E-state index is 11.8. The van der Waals surface area contributed by atoms with Crippen molar-refractivity contribution in [1.29, 1.82) is 0 Å². The summed E-state index contributed by atoms with van der Waals surface area (Å²) in [6.45, 7) is 6.82. The van der Waals surface area contributed by atoms with Gasteiger partial charge in [0.2, 0.25) is 0 Å². The van der Waals surface area contributed by atoms with Crippen molar-refractivity contribution in [3.8, 4) is 0 Å². The first-order valence-electron chi connectivity index (χ1n) is 7.99. The van der Waals surface area contributed by atoms with E-state index in [1.807, 2.05) is 6.07 Å². The number of amides is 1. The minimum atomic E-state index is -0.867. The standard InChI is InChI=1S/C16H22BrN5O2/c1-16(2,3)13-9(5-4-6-21(13)15(23)24)11-7-10(17)12-14(18)19-8-20-22(11)12/h7-9,13H,4-6H2,1-3H3,(H,23,24)(H2,18,19,20). The number of nitrogens with zero attached hydrogens (tertiary/aromatic N) is 4. The lowest BCUT2D eigenvalue weighted by Gasteiger charge is -2.46. The number of carboxylic acid groups (broad SMARTS) is 1. The van der Waals surface area contributed by atoms with E-state index in [-0.39, 0.29) is 17.4 Å². The van der Waals surface area contributed by atoms with E-state index in [1.165, 1.54) is 6.33 Å². The second kappa shape index (κ2) is 5.91. The summed E-state index contributed by atoms with van der Waals surface area (Å²) in [5.74, 6) is 0.448. The van der Waals surface area contributed by atoms with Gasteiger partial charge in [-0.3, -0.25) is 0 Å². The molecule has 1 aliphatic heterocycles. The van der Waals surface area contributed by atoms with Crippen molar-refractivity contribution in [1.82, 2.24) is 19.5 Å². The lowest BCUT2D eigenvalue weighted by Crippen LogP contribution is -2.53. The van der Waals surface area contributed by atoms with Crippen LogP contribution < -0.4 is 5.73 Å². The Balaban J connectivity index is 2.16. The first-order valence-corrected chi connectivity index (χ1v) is 8.78. The highest BCUT2D eigenvalue weighted by molar-refractivity contribution is 9.10. The molecule has 0 bridgehead atoms. The van der Waals surface area contributed by atoms with Crippen LogP contribution in [-0.4, -0.2) is 43.3 Å². The molecule has 3 heterocycles. The molecule has 1 saturated heterocycles. The normalized spacial score (nSPS) is 22.1. The van der Waals surface area contributed by atoms with Crippen LogP contribution in [0.3, 0.4) is 0 Å². The van der Waals surface area contributed by atoms with Gasteiger partial charge in [0, 0.05) is 28.7 Å². The SMILES string of the molecule is CC(C)(C)C1C(c2cc(Br)c3c(N)ncnn23)CCCN1C(=O)O. The molecule has 2 aromatic rings. The molecule has 1 amide bonds. The van der Waals surface area contributed by atoms with E-state index in [9.17, 15) is 9.90 Å². The van der Waals surface area contributed by atoms with Crippen LogP contribution in [0.25, 0.3) is 5.52 Å². The Morgan fingerprint density at radius 1 is 1.46 bits per heavy atom. The van der Waals surface area contributed by atoms with Crippen molar-refractivity contribution in [3.63, 3.8) is 0 Å². The molecule has 24 heavy (non-hydrogen) atoms. The molecule has 8 heteroatoms. The second-order valence-electron chi connectivity index (χ2n) is 7.36. The largest absolute Gasteiger partial charge is 0.465 e. The van der Waals surface area contributed by atoms with Gasteiger partial charge in [-0.25, -0.2) is 14.3 Å². The summed E-state index contributed by atoms with van der Waals surface area (Å²) in [6, 6.07) is 1.86. The van der Waals surface area contributed by atoms with Crippen molar-refractivity contribution in [2.24, 2.45) is 5.41 Å². The van der Waals surface area contributed by atoms with E-state index >= 15 is 0 Å². The predicted molar refractivity (Wildman–Crippen MR) is 95.0 cm³/mol. The average molecular weight is 396 g/mol. The van der Waals surface area contributed by atoms with Gasteiger partial charge in [-0.1, -0.05) is 20.8 Å². The lowest BCUT2D eigenvalue weighted by atomic mass is 9.73. The van der Waals surface area contributed by atoms with Crippen molar-refractivity contribution in [2.75, 3.05) is 12.3 Å². The molecule has 3 rings (SSSR count). The maximum Gasteiger partial charge on any atom is 0.407 e. The van der Waals surface area contributed by atoms with Crippen molar-refractivity contribution >= 4 is 33.4 Å². The number of aromatic nitrogens is 3. The Labute approximate surface area is 149 Å². The number of carbonyl (C=O) groups is 1. The van der Waals surface area contributed by atoms with Gasteiger partial charge in [0.25, 0.3) is 0 Å². The fraction of sp³-hybridized carbons (Fsp3) is 0.562. The van der Waals surface area contributed by atoms with Crippen LogP contribution in [0.5, 0.6) is 0 Å². The van der Waals surface area contributed by atoms with Crippen LogP contribution in [-0.2, 0) is 0 Å². The minimum Gasteiger partial charge on any atom is -0.465 e. The summed E-state index contributed by atoms with van der Waals surface area (Å²) in [7, 11) is 0. The molecule has 2 aromatic heterocycles. The molecule has 130 valence electrons. The highest BCUT2D eigenvalue weighted by atomic mass is 79.9. The van der Waals surface area contributed by atoms with Crippen molar-refractivity contribution in [3.05, 3.63) is 22.6 Å². The quantitative estimate of drug-likeness (QED) is 0.771. The fourth-order valence-corrected chi connectivity index (χ4v) is 4.51. The number of nitrogen functional groups attached to an aromatic ring is 1. The summed E-state index contributed by atoms with van der Waals surface area (Å²) < 4.78 is 2.62. The molecule has 0 radical (unpaired) electrons. The zero-order valence-electron chi connectivity index (χ0n) is 14.0. The van der Waals surface area contributed by atoms with Crippen LogP contribution in [0.2, 0.25) is 0 Å². The van der Waals surface area contributed by atoms with Gasteiger partial charge in [0.05, 0.1) is 0 Å². The zero-order valence-corrected chi connectivity index (χ0v) is 15.6. The highest BCUT2D eigenvalue weighted by Gasteiger charge is 2.43. The van der Waals surface area contributed by atoms with E-state index in [2.05, 4.69) is 46.8 Å². The number of fused-ring (bicyclic) bond motifs is 1. The summed E-state index contributed by atoms with van der Waals surface area (Å²) in [6.07, 6.45) is 2.30. The Bertz CT molecular complexity index is 783. The number of nitrogens with two attached hydrogens (primary N) is 1. The van der Waals surface area contributed by atoms with Gasteiger partial charge in [-0.15, -0.1) is 0 Å². The number of hydrogen-bond acceptors (Lipinski definition) is 4. The van der Waals surface area contributed by atoms with Crippen LogP contribution >= 0.6 is 15.9 Å². The third-order valence-corrected chi connectivity index (χ3v) is 5.31. The number of halogens is 1. The van der Waals surface area contributed by atoms with Gasteiger partial charge >= 0.3 is 6.09 Å². The first kappa shape index (κ1) is 17.0. The van der Waals surface area contributed by atoms with Crippen molar-refractivity contribution in [2.45, 2.75) is 45.6 Å². The van der Waals surface area contributed by atoms with Gasteiger partial charge in [0.15, 0.2) is 5.82 Å². The molecule has 1 aliphatic rings. The van der Waals surface area contributed by atoms with Gasteiger partial charge in [-0.2, -0.15) is 5.10 Å². The van der Waals surface area contributed by atoms with Crippen LogP contribution in [0.4, 0.5) is 10.6 Å². The molecule has 2 atom stereocenters. The average Bonchev–Trinajstić information content (AvgIpc) is 2.84. The van der Waals surface area contributed by atoms with E-state index in [0.717, 1.165) is 28.5 Å². The molecule has 0 saturated carbocycles. The smallest absolute Gasteiger partial charge is 0.407 e. The minimum absolute atomic E-state index is 0.0444. The molecule has 7 nitrogen and oxygen atoms in total. The maximum atomic E-state index is 11.8. The molecule has 2 unspecified atom stereocenters. The monoisotopic (exact) mass is 395 g/mol. The third kappa shape index (κ3) is 2.72. The number of piperidine rings is 1. The molecule has 1 fully saturated rings. The van der Waals surface area contributed by atoms with Crippen LogP contribution in [0.1, 0.15) is 45.2 Å². The van der Waals surface area contributed by atoms with E-state index in [0.29, 0.717) is 12.4 Å². The van der Waals surface area contributed by atoms with Gasteiger partial charge in [0.1, 0.15) is 11.8 Å². The predicted octanol–water partition coefficient (Wildman–Crippen LogP) is 3.35. The Morgan fingerprint density at radius 2 is 2.17 bits per heavy atom. The summed E-state index contributed by atoms with van der Waals surface area (Å²) in [5.41, 5.74) is 7.49. The van der Waals surface area contributed by atoms with Crippen LogP contribution in [0.15, 0.2) is 16.9 Å². The number of hydrogen-bond donors (Lipinski definition) is 2. The van der Waals surface area contributed by atoms with E-state index in [4.69, 9.17) is 5.73 Å². The summed E-state index contributed by atoms with van der Waals surface area (Å²) >= 11 is 3.54. The van der Waals surface area contributed by atoms with Gasteiger partial charge in [-0.05, 0) is 40.3 Å². The zero-order chi connectivity index (χ0) is 17.6. The molecule has 0 spiro atoms. The van der Waals surface area contributed by atoms with E-state index < -0.39 is 6.09 Å². The molecule has 0 aromatic carbocycles. The summed E-state index contributed by atoms with van der Waals surface area (Å²) in [5, 5.41) is 14.0. The second-order valence-corrected chi connectivity index (χ2v) is 8.21. The van der Waals surface area contributed by atoms with Gasteiger partial charge < -0.3 is 15.7 Å².